The largest absolute Gasteiger partial charge is 0.394 e. The van der Waals surface area contributed by atoms with E-state index in [1.807, 2.05) is 12.1 Å². The number of hydrogen-bond acceptors (Lipinski definition) is 7. The number of pyridine rings is 1. The zero-order valence-corrected chi connectivity index (χ0v) is 17.5. The van der Waals surface area contributed by atoms with Gasteiger partial charge in [-0.15, -0.1) is 0 Å². The van der Waals surface area contributed by atoms with Crippen LogP contribution in [-0.2, 0) is 0 Å². The van der Waals surface area contributed by atoms with Crippen LogP contribution in [0.4, 0.5) is 31.9 Å². The molecule has 1 aliphatic rings. The molecule has 0 aliphatic carbocycles. The van der Waals surface area contributed by atoms with Gasteiger partial charge in [0.25, 0.3) is 0 Å². The van der Waals surface area contributed by atoms with Crippen LogP contribution in [-0.4, -0.2) is 57.6 Å². The number of rotatable bonds is 4. The standard InChI is InChI=1S/C22H22F2N8/c1-30-6-8-31(9-7-30)19-3-2-15(13-26-19)28-22-27-12-14-4-5-32(21(14)29-22)16-10-17(23)20(25)18(24)11-16/h2-5,10-13H,6-9,25H2,1H3,(H,27,28,29). The summed E-state index contributed by atoms with van der Waals surface area (Å²) in [5.74, 6) is -0.356. The van der Waals surface area contributed by atoms with Gasteiger partial charge in [-0.25, -0.2) is 18.7 Å². The van der Waals surface area contributed by atoms with Gasteiger partial charge < -0.3 is 25.4 Å². The van der Waals surface area contributed by atoms with Crippen LogP contribution in [0.25, 0.3) is 16.7 Å². The third-order valence-corrected chi connectivity index (χ3v) is 5.60. The van der Waals surface area contributed by atoms with Gasteiger partial charge in [0.15, 0.2) is 11.6 Å². The molecule has 32 heavy (non-hydrogen) atoms. The summed E-state index contributed by atoms with van der Waals surface area (Å²) in [5.41, 5.74) is 6.41. The number of nitrogen functional groups attached to an aromatic ring is 1. The molecule has 1 saturated heterocycles. The lowest BCUT2D eigenvalue weighted by Gasteiger charge is -2.33. The molecular weight excluding hydrogens is 414 g/mol. The minimum Gasteiger partial charge on any atom is -0.394 e. The van der Waals surface area contributed by atoms with Crippen molar-refractivity contribution in [2.24, 2.45) is 0 Å². The number of benzene rings is 1. The van der Waals surface area contributed by atoms with Gasteiger partial charge in [-0.1, -0.05) is 0 Å². The van der Waals surface area contributed by atoms with E-state index in [9.17, 15) is 8.78 Å². The number of piperazine rings is 1. The molecule has 164 valence electrons. The minimum absolute atomic E-state index is 0.284. The van der Waals surface area contributed by atoms with Crippen LogP contribution in [0.5, 0.6) is 0 Å². The van der Waals surface area contributed by atoms with Gasteiger partial charge in [-0.3, -0.25) is 0 Å². The first-order chi connectivity index (χ1) is 15.5. The maximum absolute atomic E-state index is 13.9. The normalized spacial score (nSPS) is 14.8. The van der Waals surface area contributed by atoms with Crippen molar-refractivity contribution < 1.29 is 8.78 Å². The number of anilines is 4. The lowest BCUT2D eigenvalue weighted by molar-refractivity contribution is 0.312. The van der Waals surface area contributed by atoms with Crippen LogP contribution in [0.15, 0.2) is 48.9 Å². The first-order valence-corrected chi connectivity index (χ1v) is 10.2. The summed E-state index contributed by atoms with van der Waals surface area (Å²) in [7, 11) is 2.12. The monoisotopic (exact) mass is 436 g/mol. The first-order valence-electron chi connectivity index (χ1n) is 10.2. The Hall–Kier alpha value is -3.79. The van der Waals surface area contributed by atoms with E-state index in [0.717, 1.165) is 43.1 Å². The Bertz CT molecular complexity index is 1240. The molecule has 0 amide bonds. The molecular formula is C22H22F2N8. The molecule has 0 saturated carbocycles. The highest BCUT2D eigenvalue weighted by atomic mass is 19.1. The maximum atomic E-state index is 13.9. The predicted molar refractivity (Wildman–Crippen MR) is 120 cm³/mol. The number of fused-ring (bicyclic) bond motifs is 1. The van der Waals surface area contributed by atoms with Gasteiger partial charge in [0.05, 0.1) is 17.6 Å². The molecule has 0 spiro atoms. The number of aromatic nitrogens is 4. The van der Waals surface area contributed by atoms with Crippen molar-refractivity contribution in [3.05, 3.63) is 60.6 Å². The molecule has 3 N–H and O–H groups in total. The van der Waals surface area contributed by atoms with Crippen molar-refractivity contribution >= 4 is 34.2 Å². The van der Waals surface area contributed by atoms with Gasteiger partial charge in [0.2, 0.25) is 5.95 Å². The zero-order chi connectivity index (χ0) is 22.2. The van der Waals surface area contributed by atoms with Gasteiger partial charge in [0, 0.05) is 56.1 Å². The Morgan fingerprint density at radius 2 is 1.72 bits per heavy atom. The van der Waals surface area contributed by atoms with Crippen molar-refractivity contribution in [1.29, 1.82) is 0 Å². The van der Waals surface area contributed by atoms with Crippen molar-refractivity contribution in [2.75, 3.05) is 49.2 Å². The van der Waals surface area contributed by atoms with Crippen molar-refractivity contribution in [3.63, 3.8) is 0 Å². The Labute approximate surface area is 183 Å². The van der Waals surface area contributed by atoms with E-state index in [2.05, 4.69) is 37.1 Å². The summed E-state index contributed by atoms with van der Waals surface area (Å²) >= 11 is 0. The van der Waals surface area contributed by atoms with Crippen molar-refractivity contribution in [1.82, 2.24) is 24.4 Å². The zero-order valence-electron chi connectivity index (χ0n) is 17.5. The molecule has 5 rings (SSSR count). The number of nitrogens with zero attached hydrogens (tertiary/aromatic N) is 6. The molecule has 0 unspecified atom stereocenters. The van der Waals surface area contributed by atoms with Crippen LogP contribution in [0, 0.1) is 11.6 Å². The predicted octanol–water partition coefficient (Wildman–Crippen LogP) is 3.17. The molecule has 8 nitrogen and oxygen atoms in total. The molecule has 4 aromatic rings. The molecule has 0 radical (unpaired) electrons. The molecule has 1 fully saturated rings. The lowest BCUT2D eigenvalue weighted by Crippen LogP contribution is -2.44. The minimum atomic E-state index is -0.819. The molecule has 1 aliphatic heterocycles. The Balaban J connectivity index is 1.39. The van der Waals surface area contributed by atoms with Gasteiger partial charge in [-0.05, 0) is 25.2 Å². The quantitative estimate of drug-likeness (QED) is 0.475. The summed E-state index contributed by atoms with van der Waals surface area (Å²) in [5, 5.41) is 3.87. The van der Waals surface area contributed by atoms with Gasteiger partial charge in [-0.2, -0.15) is 4.98 Å². The van der Waals surface area contributed by atoms with Gasteiger partial charge >= 0.3 is 0 Å². The lowest BCUT2D eigenvalue weighted by atomic mass is 10.2. The number of likely N-dealkylation sites (N-methyl/N-ethyl adjacent to an activating group) is 1. The van der Waals surface area contributed by atoms with Crippen molar-refractivity contribution in [2.45, 2.75) is 0 Å². The van der Waals surface area contributed by atoms with Crippen LogP contribution < -0.4 is 16.0 Å². The summed E-state index contributed by atoms with van der Waals surface area (Å²) in [4.78, 5) is 18.0. The molecule has 3 aromatic heterocycles. The highest BCUT2D eigenvalue weighted by Crippen LogP contribution is 2.25. The van der Waals surface area contributed by atoms with E-state index in [-0.39, 0.29) is 5.69 Å². The van der Waals surface area contributed by atoms with E-state index in [4.69, 9.17) is 5.73 Å². The number of halogens is 2. The smallest absolute Gasteiger partial charge is 0.229 e. The second-order valence-corrected chi connectivity index (χ2v) is 7.80. The number of nitrogens with two attached hydrogens (primary N) is 1. The highest BCUT2D eigenvalue weighted by molar-refractivity contribution is 5.79. The van der Waals surface area contributed by atoms with E-state index in [1.165, 1.54) is 12.1 Å². The first kappa shape index (κ1) is 20.1. The highest BCUT2D eigenvalue weighted by Gasteiger charge is 2.15. The van der Waals surface area contributed by atoms with E-state index in [1.54, 1.807) is 29.2 Å². The number of nitrogens with one attached hydrogen (secondary N) is 1. The molecule has 10 heteroatoms. The third kappa shape index (κ3) is 3.80. The fourth-order valence-electron chi connectivity index (χ4n) is 3.71. The SMILES string of the molecule is CN1CCN(c2ccc(Nc3ncc4ccn(-c5cc(F)c(N)c(F)c5)c4n3)cn2)CC1. The Morgan fingerprint density at radius 1 is 0.969 bits per heavy atom. The second-order valence-electron chi connectivity index (χ2n) is 7.80. The molecule has 4 heterocycles. The van der Waals surface area contributed by atoms with Crippen LogP contribution >= 0.6 is 0 Å². The van der Waals surface area contributed by atoms with Crippen LogP contribution in [0.2, 0.25) is 0 Å². The maximum Gasteiger partial charge on any atom is 0.229 e. The fraction of sp³-hybridized carbons (Fsp3) is 0.227. The second kappa shape index (κ2) is 8.04. The summed E-state index contributed by atoms with van der Waals surface area (Å²) in [6.45, 7) is 3.91. The van der Waals surface area contributed by atoms with E-state index in [0.29, 0.717) is 11.6 Å². The summed E-state index contributed by atoms with van der Waals surface area (Å²) in [6, 6.07) is 8.02. The van der Waals surface area contributed by atoms with Gasteiger partial charge in [0.1, 0.15) is 17.2 Å². The van der Waals surface area contributed by atoms with Crippen LogP contribution in [0.3, 0.4) is 0 Å². The number of hydrogen-bond donors (Lipinski definition) is 2. The van der Waals surface area contributed by atoms with E-state index >= 15 is 0 Å². The van der Waals surface area contributed by atoms with Crippen molar-refractivity contribution in [3.8, 4) is 5.69 Å². The molecule has 1 aromatic carbocycles. The third-order valence-electron chi connectivity index (χ3n) is 5.60. The Kier molecular flexibility index (Phi) is 5.06. The molecule has 0 atom stereocenters. The molecule has 0 bridgehead atoms. The topological polar surface area (TPSA) is 88.1 Å². The fourth-order valence-corrected chi connectivity index (χ4v) is 3.71. The average Bonchev–Trinajstić information content (AvgIpc) is 3.21. The van der Waals surface area contributed by atoms with Crippen LogP contribution in [0.1, 0.15) is 0 Å². The van der Waals surface area contributed by atoms with E-state index < -0.39 is 17.3 Å². The summed E-state index contributed by atoms with van der Waals surface area (Å²) in [6.07, 6.45) is 5.07. The Morgan fingerprint density at radius 3 is 2.41 bits per heavy atom. The average molecular weight is 436 g/mol. The summed E-state index contributed by atoms with van der Waals surface area (Å²) < 4.78 is 29.5.